The molecule has 1 atom stereocenters. The van der Waals surface area contributed by atoms with Gasteiger partial charge < -0.3 is 10.6 Å². The van der Waals surface area contributed by atoms with Crippen molar-refractivity contribution >= 4 is 18.3 Å². The van der Waals surface area contributed by atoms with Crippen LogP contribution < -0.4 is 5.73 Å². The fourth-order valence-corrected chi connectivity index (χ4v) is 1.83. The van der Waals surface area contributed by atoms with Crippen LogP contribution in [0.15, 0.2) is 30.3 Å². The molecule has 18 heavy (non-hydrogen) atoms. The lowest BCUT2D eigenvalue weighted by molar-refractivity contribution is -0.132. The van der Waals surface area contributed by atoms with Crippen LogP contribution in [0.3, 0.4) is 0 Å². The van der Waals surface area contributed by atoms with Gasteiger partial charge in [0.1, 0.15) is 0 Å². The van der Waals surface area contributed by atoms with Crippen LogP contribution >= 0.6 is 12.4 Å². The third-order valence-electron chi connectivity index (χ3n) is 2.68. The molecule has 0 aliphatic rings. The summed E-state index contributed by atoms with van der Waals surface area (Å²) in [5.41, 5.74) is 7.01. The van der Waals surface area contributed by atoms with E-state index in [-0.39, 0.29) is 24.4 Å². The smallest absolute Gasteiger partial charge is 0.239 e. The maximum atomic E-state index is 12.0. The van der Waals surface area contributed by atoms with Crippen LogP contribution in [0.5, 0.6) is 0 Å². The lowest BCUT2D eigenvalue weighted by Crippen LogP contribution is -2.42. The second-order valence-corrected chi connectivity index (χ2v) is 4.92. The number of hydrogen-bond donors (Lipinski definition) is 1. The van der Waals surface area contributed by atoms with E-state index in [1.54, 1.807) is 11.9 Å². The van der Waals surface area contributed by atoms with E-state index < -0.39 is 0 Å². The molecule has 2 N–H and O–H groups in total. The Hall–Kier alpha value is -1.06. The Labute approximate surface area is 116 Å². The third kappa shape index (κ3) is 5.52. The summed E-state index contributed by atoms with van der Waals surface area (Å²) in [6.45, 7) is 4.76. The first-order chi connectivity index (χ1) is 8.00. The Morgan fingerprint density at radius 3 is 2.33 bits per heavy atom. The number of likely N-dealkylation sites (N-methyl/N-ethyl adjacent to an activating group) is 1. The molecule has 0 aliphatic heterocycles. The molecule has 0 aromatic heterocycles. The van der Waals surface area contributed by atoms with Crippen molar-refractivity contribution < 1.29 is 4.79 Å². The molecule has 0 aliphatic carbocycles. The minimum absolute atomic E-state index is 0. The van der Waals surface area contributed by atoms with Gasteiger partial charge in [0, 0.05) is 13.6 Å². The van der Waals surface area contributed by atoms with E-state index in [1.165, 1.54) is 0 Å². The number of halogens is 1. The molecule has 0 saturated carbocycles. The molecule has 1 amide bonds. The number of nitrogens with zero attached hydrogens (tertiary/aromatic N) is 1. The zero-order valence-electron chi connectivity index (χ0n) is 11.3. The minimum Gasteiger partial charge on any atom is -0.340 e. The number of benzene rings is 1. The van der Waals surface area contributed by atoms with Crippen LogP contribution in [0.1, 0.15) is 25.8 Å². The van der Waals surface area contributed by atoms with Crippen molar-refractivity contribution in [1.82, 2.24) is 4.90 Å². The summed E-state index contributed by atoms with van der Waals surface area (Å²) < 4.78 is 0. The van der Waals surface area contributed by atoms with Crippen LogP contribution in [-0.2, 0) is 11.3 Å². The summed E-state index contributed by atoms with van der Waals surface area (Å²) in [6, 6.07) is 9.55. The van der Waals surface area contributed by atoms with Crippen molar-refractivity contribution in [1.29, 1.82) is 0 Å². The van der Waals surface area contributed by atoms with Crippen LogP contribution in [0.25, 0.3) is 0 Å². The van der Waals surface area contributed by atoms with E-state index in [0.717, 1.165) is 12.0 Å². The van der Waals surface area contributed by atoms with Gasteiger partial charge in [0.25, 0.3) is 0 Å². The summed E-state index contributed by atoms with van der Waals surface area (Å²) in [6.07, 6.45) is 0.734. The predicted octanol–water partition coefficient (Wildman–Crippen LogP) is 2.44. The summed E-state index contributed by atoms with van der Waals surface area (Å²) >= 11 is 0. The van der Waals surface area contributed by atoms with Gasteiger partial charge in [-0.25, -0.2) is 0 Å². The maximum Gasteiger partial charge on any atom is 0.239 e. The highest BCUT2D eigenvalue weighted by atomic mass is 35.5. The first-order valence-corrected chi connectivity index (χ1v) is 6.05. The van der Waals surface area contributed by atoms with Crippen LogP contribution in [-0.4, -0.2) is 23.9 Å². The molecule has 0 radical (unpaired) electrons. The standard InChI is InChI=1S/C14H22N2O.ClH/c1-11(2)9-13(15)14(17)16(3)10-12-7-5-4-6-8-12;/h4-8,11,13H,9-10,15H2,1-3H3;1H. The molecule has 0 bridgehead atoms. The zero-order valence-corrected chi connectivity index (χ0v) is 12.1. The van der Waals surface area contributed by atoms with Gasteiger partial charge in [-0.2, -0.15) is 0 Å². The normalized spacial score (nSPS) is 11.8. The molecule has 1 aromatic carbocycles. The molecular formula is C14H23ClN2O. The van der Waals surface area contributed by atoms with Crippen molar-refractivity contribution in [3.63, 3.8) is 0 Å². The SMILES string of the molecule is CC(C)CC(N)C(=O)N(C)Cc1ccccc1.Cl. The molecule has 102 valence electrons. The number of amides is 1. The lowest BCUT2D eigenvalue weighted by atomic mass is 10.0. The highest BCUT2D eigenvalue weighted by Gasteiger charge is 2.18. The second-order valence-electron chi connectivity index (χ2n) is 4.92. The van der Waals surface area contributed by atoms with Crippen molar-refractivity contribution in [3.05, 3.63) is 35.9 Å². The van der Waals surface area contributed by atoms with E-state index in [4.69, 9.17) is 5.73 Å². The molecule has 1 aromatic rings. The lowest BCUT2D eigenvalue weighted by Gasteiger charge is -2.22. The highest BCUT2D eigenvalue weighted by molar-refractivity contribution is 5.85. The molecule has 0 heterocycles. The number of carbonyl (C=O) groups is 1. The first-order valence-electron chi connectivity index (χ1n) is 6.05. The van der Waals surface area contributed by atoms with Gasteiger partial charge >= 0.3 is 0 Å². The average Bonchev–Trinajstić information content (AvgIpc) is 2.28. The Bertz CT molecular complexity index is 354. The first kappa shape index (κ1) is 16.9. The quantitative estimate of drug-likeness (QED) is 0.893. The summed E-state index contributed by atoms with van der Waals surface area (Å²) in [5.74, 6) is 0.460. The number of rotatable bonds is 5. The minimum atomic E-state index is -0.385. The molecule has 4 heteroatoms. The monoisotopic (exact) mass is 270 g/mol. The van der Waals surface area contributed by atoms with Crippen LogP contribution in [0.2, 0.25) is 0 Å². The Morgan fingerprint density at radius 2 is 1.83 bits per heavy atom. The zero-order chi connectivity index (χ0) is 12.8. The molecule has 1 unspecified atom stereocenters. The van der Waals surface area contributed by atoms with Crippen molar-refractivity contribution in [2.24, 2.45) is 11.7 Å². The van der Waals surface area contributed by atoms with Crippen molar-refractivity contribution in [2.45, 2.75) is 32.9 Å². The van der Waals surface area contributed by atoms with Gasteiger partial charge in [0.2, 0.25) is 5.91 Å². The Balaban J connectivity index is 0.00000289. The van der Waals surface area contributed by atoms with Gasteiger partial charge in [-0.1, -0.05) is 44.2 Å². The molecule has 1 rings (SSSR count). The highest BCUT2D eigenvalue weighted by Crippen LogP contribution is 2.08. The van der Waals surface area contributed by atoms with E-state index in [2.05, 4.69) is 13.8 Å². The fourth-order valence-electron chi connectivity index (χ4n) is 1.83. The van der Waals surface area contributed by atoms with Gasteiger partial charge in [-0.3, -0.25) is 4.79 Å². The topological polar surface area (TPSA) is 46.3 Å². The largest absolute Gasteiger partial charge is 0.340 e. The van der Waals surface area contributed by atoms with E-state index >= 15 is 0 Å². The van der Waals surface area contributed by atoms with Crippen LogP contribution in [0, 0.1) is 5.92 Å². The predicted molar refractivity (Wildman–Crippen MR) is 77.6 cm³/mol. The molecular weight excluding hydrogens is 248 g/mol. The number of hydrogen-bond acceptors (Lipinski definition) is 2. The van der Waals surface area contributed by atoms with Gasteiger partial charge in [-0.05, 0) is 17.9 Å². The summed E-state index contributed by atoms with van der Waals surface area (Å²) in [7, 11) is 1.80. The molecule has 3 nitrogen and oxygen atoms in total. The Kier molecular flexibility index (Phi) is 7.64. The number of carbonyl (C=O) groups excluding carboxylic acids is 1. The van der Waals surface area contributed by atoms with Crippen molar-refractivity contribution in [2.75, 3.05) is 7.05 Å². The van der Waals surface area contributed by atoms with Crippen molar-refractivity contribution in [3.8, 4) is 0 Å². The fraction of sp³-hybridized carbons (Fsp3) is 0.500. The maximum absolute atomic E-state index is 12.0. The van der Waals surface area contributed by atoms with Gasteiger partial charge in [0.05, 0.1) is 6.04 Å². The average molecular weight is 271 g/mol. The molecule has 0 saturated heterocycles. The van der Waals surface area contributed by atoms with E-state index in [1.807, 2.05) is 30.3 Å². The second kappa shape index (κ2) is 8.11. The van der Waals surface area contributed by atoms with Gasteiger partial charge in [0.15, 0.2) is 0 Å². The van der Waals surface area contributed by atoms with Crippen LogP contribution in [0.4, 0.5) is 0 Å². The van der Waals surface area contributed by atoms with E-state index in [0.29, 0.717) is 12.5 Å². The Morgan fingerprint density at radius 1 is 1.28 bits per heavy atom. The number of nitrogens with two attached hydrogens (primary N) is 1. The summed E-state index contributed by atoms with van der Waals surface area (Å²) in [4.78, 5) is 13.7. The summed E-state index contributed by atoms with van der Waals surface area (Å²) in [5, 5.41) is 0. The third-order valence-corrected chi connectivity index (χ3v) is 2.68. The van der Waals surface area contributed by atoms with E-state index in [9.17, 15) is 4.79 Å². The molecule has 0 fully saturated rings. The van der Waals surface area contributed by atoms with Gasteiger partial charge in [-0.15, -0.1) is 12.4 Å². The molecule has 0 spiro atoms.